The van der Waals surface area contributed by atoms with Gasteiger partial charge in [0, 0.05) is 11.1 Å². The van der Waals surface area contributed by atoms with Crippen LogP contribution in [0.2, 0.25) is 0 Å². The van der Waals surface area contributed by atoms with Crippen LogP contribution in [0.4, 0.5) is 0 Å². The van der Waals surface area contributed by atoms with Gasteiger partial charge in [0.1, 0.15) is 5.75 Å². The maximum atomic E-state index is 10.7. The van der Waals surface area contributed by atoms with E-state index in [1.165, 1.54) is 13.3 Å². The maximum absolute atomic E-state index is 10.7. The Morgan fingerprint density at radius 1 is 1.50 bits per heavy atom. The van der Waals surface area contributed by atoms with Gasteiger partial charge in [0.2, 0.25) is 0 Å². The average molecular weight is 225 g/mol. The van der Waals surface area contributed by atoms with Crippen LogP contribution in [-0.4, -0.2) is 34.4 Å². The largest absolute Gasteiger partial charge is 0.495 e. The molecule has 5 heteroatoms. The topological polar surface area (TPSA) is 79.7 Å². The van der Waals surface area contributed by atoms with Gasteiger partial charge in [0.25, 0.3) is 0 Å². The molecule has 0 aromatic carbocycles. The zero-order chi connectivity index (χ0) is 12.3. The lowest BCUT2D eigenvalue weighted by Crippen LogP contribution is -2.40. The van der Waals surface area contributed by atoms with E-state index in [2.05, 4.69) is 4.98 Å². The lowest BCUT2D eigenvalue weighted by Gasteiger charge is -2.26. The molecule has 0 saturated heterocycles. The molecule has 0 aliphatic heterocycles. The van der Waals surface area contributed by atoms with Crippen molar-refractivity contribution in [2.75, 3.05) is 7.11 Å². The van der Waals surface area contributed by atoms with Crippen molar-refractivity contribution in [1.82, 2.24) is 4.98 Å². The molecule has 0 spiro atoms. The Kier molecular flexibility index (Phi) is 3.49. The first-order valence-corrected chi connectivity index (χ1v) is 4.81. The van der Waals surface area contributed by atoms with Crippen LogP contribution < -0.4 is 4.74 Å². The van der Waals surface area contributed by atoms with Crippen molar-refractivity contribution in [3.8, 4) is 5.75 Å². The number of hydrogen-bond acceptors (Lipinski definition) is 4. The second kappa shape index (κ2) is 4.49. The molecular weight excluding hydrogens is 210 g/mol. The number of carboxylic acid groups (broad SMARTS) is 1. The summed E-state index contributed by atoms with van der Waals surface area (Å²) in [7, 11) is 1.52. The van der Waals surface area contributed by atoms with Crippen LogP contribution in [0.1, 0.15) is 19.5 Å². The van der Waals surface area contributed by atoms with Crippen molar-refractivity contribution in [1.29, 1.82) is 0 Å². The van der Waals surface area contributed by atoms with Crippen LogP contribution >= 0.6 is 0 Å². The molecule has 0 fully saturated rings. The van der Waals surface area contributed by atoms with E-state index in [0.717, 1.165) is 0 Å². The fraction of sp³-hybridized carbons (Fsp3) is 0.455. The maximum Gasteiger partial charge on any atom is 0.333 e. The molecule has 1 atom stereocenters. The smallest absolute Gasteiger partial charge is 0.333 e. The Labute approximate surface area is 93.7 Å². The third-order valence-corrected chi connectivity index (χ3v) is 2.55. The summed E-state index contributed by atoms with van der Waals surface area (Å²) in [5, 5.41) is 18.3. The first-order valence-electron chi connectivity index (χ1n) is 4.81. The van der Waals surface area contributed by atoms with Gasteiger partial charge in [-0.15, -0.1) is 0 Å². The molecule has 0 amide bonds. The number of methoxy groups -OCH3 is 1. The summed E-state index contributed by atoms with van der Waals surface area (Å²) < 4.78 is 4.95. The number of carbonyl (C=O) groups is 1. The Hall–Kier alpha value is -1.62. The molecule has 1 heterocycles. The van der Waals surface area contributed by atoms with Gasteiger partial charge in [0.05, 0.1) is 13.3 Å². The second-order valence-electron chi connectivity index (χ2n) is 4.05. The number of aliphatic carboxylic acids is 1. The molecule has 0 aliphatic carbocycles. The first-order chi connectivity index (χ1) is 7.39. The molecule has 16 heavy (non-hydrogen) atoms. The highest BCUT2D eigenvalue weighted by Crippen LogP contribution is 2.26. The third-order valence-electron chi connectivity index (χ3n) is 2.55. The molecule has 0 saturated carbocycles. The monoisotopic (exact) mass is 225 g/mol. The van der Waals surface area contributed by atoms with E-state index in [9.17, 15) is 9.90 Å². The number of hydrogen-bond donors (Lipinski definition) is 2. The predicted octanol–water partition coefficient (Wildman–Crippen LogP) is 0.813. The highest BCUT2D eigenvalue weighted by atomic mass is 16.5. The fourth-order valence-corrected chi connectivity index (χ4v) is 1.33. The van der Waals surface area contributed by atoms with Crippen LogP contribution in [0.3, 0.4) is 0 Å². The highest BCUT2D eigenvalue weighted by molar-refractivity contribution is 5.74. The summed E-state index contributed by atoms with van der Waals surface area (Å²) in [5.74, 6) is -0.674. The van der Waals surface area contributed by atoms with E-state index in [1.807, 2.05) is 0 Å². The van der Waals surface area contributed by atoms with E-state index in [4.69, 9.17) is 9.84 Å². The van der Waals surface area contributed by atoms with Crippen molar-refractivity contribution >= 4 is 5.97 Å². The molecular formula is C11H15NO4. The predicted molar refractivity (Wildman–Crippen MR) is 57.5 cm³/mol. The Bertz CT molecular complexity index is 372. The van der Waals surface area contributed by atoms with Crippen LogP contribution in [-0.2, 0) is 10.2 Å². The first kappa shape index (κ1) is 12.4. The normalized spacial score (nSPS) is 13.2. The van der Waals surface area contributed by atoms with Crippen molar-refractivity contribution in [3.63, 3.8) is 0 Å². The van der Waals surface area contributed by atoms with Gasteiger partial charge < -0.3 is 14.9 Å². The molecule has 1 aromatic heterocycles. The van der Waals surface area contributed by atoms with Gasteiger partial charge in [-0.05, 0) is 12.1 Å². The number of rotatable bonds is 4. The van der Waals surface area contributed by atoms with E-state index in [0.29, 0.717) is 11.4 Å². The molecule has 1 rings (SSSR count). The molecule has 1 aromatic rings. The van der Waals surface area contributed by atoms with Gasteiger partial charge >= 0.3 is 5.97 Å². The van der Waals surface area contributed by atoms with E-state index >= 15 is 0 Å². The Morgan fingerprint density at radius 2 is 2.12 bits per heavy atom. The summed E-state index contributed by atoms with van der Waals surface area (Å²) >= 11 is 0. The van der Waals surface area contributed by atoms with Crippen molar-refractivity contribution in [2.45, 2.75) is 25.4 Å². The van der Waals surface area contributed by atoms with Gasteiger partial charge in [-0.3, -0.25) is 4.98 Å². The van der Waals surface area contributed by atoms with Crippen LogP contribution in [0.25, 0.3) is 0 Å². The molecule has 88 valence electrons. The molecule has 5 nitrogen and oxygen atoms in total. The third kappa shape index (κ3) is 2.30. The SMILES string of the molecule is COc1ccc(C(C)(C)C(O)C(=O)O)nc1. The number of nitrogens with zero attached hydrogens (tertiary/aromatic N) is 1. The number of ether oxygens (including phenoxy) is 1. The Balaban J connectivity index is 3.02. The van der Waals surface area contributed by atoms with Crippen molar-refractivity contribution in [3.05, 3.63) is 24.0 Å². The summed E-state index contributed by atoms with van der Waals surface area (Å²) in [5.41, 5.74) is -0.443. The average Bonchev–Trinajstić information content (AvgIpc) is 2.28. The van der Waals surface area contributed by atoms with Gasteiger partial charge in [0.15, 0.2) is 6.10 Å². The van der Waals surface area contributed by atoms with Crippen molar-refractivity contribution < 1.29 is 19.7 Å². The zero-order valence-corrected chi connectivity index (χ0v) is 9.47. The zero-order valence-electron chi connectivity index (χ0n) is 9.47. The standard InChI is InChI=1S/C11H15NO4/c1-11(2,9(13)10(14)15)8-5-4-7(16-3)6-12-8/h4-6,9,13H,1-3H3,(H,14,15). The lowest BCUT2D eigenvalue weighted by atomic mass is 9.82. The van der Waals surface area contributed by atoms with E-state index in [1.54, 1.807) is 26.0 Å². The van der Waals surface area contributed by atoms with Gasteiger partial charge in [-0.2, -0.15) is 0 Å². The van der Waals surface area contributed by atoms with Gasteiger partial charge in [-0.1, -0.05) is 13.8 Å². The summed E-state index contributed by atoms with van der Waals surface area (Å²) in [6, 6.07) is 3.32. The van der Waals surface area contributed by atoms with E-state index < -0.39 is 17.5 Å². The number of pyridine rings is 1. The number of aromatic nitrogens is 1. The molecule has 0 aliphatic rings. The quantitative estimate of drug-likeness (QED) is 0.792. The van der Waals surface area contributed by atoms with Crippen LogP contribution in [0.5, 0.6) is 5.75 Å². The van der Waals surface area contributed by atoms with Crippen molar-refractivity contribution in [2.24, 2.45) is 0 Å². The van der Waals surface area contributed by atoms with Crippen LogP contribution in [0, 0.1) is 0 Å². The van der Waals surface area contributed by atoms with Gasteiger partial charge in [-0.25, -0.2) is 4.79 Å². The lowest BCUT2D eigenvalue weighted by molar-refractivity contribution is -0.150. The second-order valence-corrected chi connectivity index (χ2v) is 4.05. The number of aliphatic hydroxyl groups excluding tert-OH is 1. The minimum Gasteiger partial charge on any atom is -0.495 e. The summed E-state index contributed by atoms with van der Waals surface area (Å²) in [4.78, 5) is 14.8. The molecule has 2 N–H and O–H groups in total. The van der Waals surface area contributed by atoms with Crippen LogP contribution in [0.15, 0.2) is 18.3 Å². The fourth-order valence-electron chi connectivity index (χ4n) is 1.33. The summed E-state index contributed by atoms with van der Waals surface area (Å²) in [6.45, 7) is 3.25. The van der Waals surface area contributed by atoms with E-state index in [-0.39, 0.29) is 0 Å². The number of aliphatic hydroxyl groups is 1. The Morgan fingerprint density at radius 3 is 2.50 bits per heavy atom. The minimum atomic E-state index is -1.49. The highest BCUT2D eigenvalue weighted by Gasteiger charge is 2.36. The minimum absolute atomic E-state index is 0.503. The molecule has 0 radical (unpaired) electrons. The molecule has 1 unspecified atom stereocenters. The number of carboxylic acids is 1. The summed E-state index contributed by atoms with van der Waals surface area (Å²) in [6.07, 6.45) is -0.000507. The molecule has 0 bridgehead atoms.